The molecule has 0 aromatic heterocycles. The summed E-state index contributed by atoms with van der Waals surface area (Å²) in [6.45, 7) is 0. The standard InChI is InChI=1S/BH3O3.Ca.H2O.Sr.4H/c2-1(3)4;;;;;;;/h2-4H;;1H2;;;;;. The molecule has 0 aliphatic carbocycles. The Hall–Kier alpha value is 2.65. The van der Waals surface area contributed by atoms with Crippen molar-refractivity contribution in [2.75, 3.05) is 0 Å². The van der Waals surface area contributed by atoms with Gasteiger partial charge >= 0.3 is 90.5 Å². The molecular weight excluding hydrogens is 203 g/mol. The van der Waals surface area contributed by atoms with Crippen LogP contribution in [0.25, 0.3) is 0 Å². The summed E-state index contributed by atoms with van der Waals surface area (Å²) in [7, 11) is -2.17. The monoisotopic (exact) mass is 212 g/mol. The summed E-state index contributed by atoms with van der Waals surface area (Å²) in [4.78, 5) is 0. The molecule has 0 fully saturated rings. The van der Waals surface area contributed by atoms with Gasteiger partial charge in [-0.05, 0) is 0 Å². The zero-order valence-corrected chi connectivity index (χ0v) is 2.42. The predicted octanol–water partition coefficient (Wildman–Crippen LogP) is -4.71. The molecule has 0 aliphatic rings. The van der Waals surface area contributed by atoms with Crippen LogP contribution in [-0.4, -0.2) is 111 Å². The summed E-state index contributed by atoms with van der Waals surface area (Å²) < 4.78 is 0. The fourth-order valence-electron chi connectivity index (χ4n) is 0. The molecule has 7 heavy (non-hydrogen) atoms. The Morgan fingerprint density at radius 1 is 1.00 bits per heavy atom. The first kappa shape index (κ1) is 22.6. The minimum atomic E-state index is -2.17. The molecule has 0 amide bonds. The van der Waals surface area contributed by atoms with Gasteiger partial charge in [-0.3, -0.25) is 0 Å². The Morgan fingerprint density at radius 2 is 1.00 bits per heavy atom. The molecule has 4 nitrogen and oxygen atoms in total. The Morgan fingerprint density at radius 3 is 1.00 bits per heavy atom. The quantitative estimate of drug-likeness (QED) is 0.352. The van der Waals surface area contributed by atoms with Crippen LogP contribution in [-0.2, 0) is 0 Å². The van der Waals surface area contributed by atoms with Gasteiger partial charge < -0.3 is 20.5 Å². The summed E-state index contributed by atoms with van der Waals surface area (Å²) in [5.41, 5.74) is 0. The van der Waals surface area contributed by atoms with Crippen molar-refractivity contribution < 1.29 is 20.5 Å². The van der Waals surface area contributed by atoms with E-state index >= 15 is 0 Å². The molecule has 0 aliphatic heterocycles. The van der Waals surface area contributed by atoms with Crippen molar-refractivity contribution >= 4 is 90.5 Å². The van der Waals surface area contributed by atoms with Gasteiger partial charge in [0.25, 0.3) is 0 Å². The fraction of sp³-hybridized carbons (Fsp3) is 0. The predicted molar refractivity (Wildman–Crippen MR) is 33.1 cm³/mol. The molecule has 40 valence electrons. The molecule has 0 saturated carbocycles. The van der Waals surface area contributed by atoms with Crippen LogP contribution >= 0.6 is 0 Å². The van der Waals surface area contributed by atoms with Gasteiger partial charge in [-0.15, -0.1) is 0 Å². The van der Waals surface area contributed by atoms with E-state index in [1.54, 1.807) is 0 Å². The van der Waals surface area contributed by atoms with Gasteiger partial charge in [0.1, 0.15) is 0 Å². The topological polar surface area (TPSA) is 92.2 Å². The van der Waals surface area contributed by atoms with Gasteiger partial charge in [0.05, 0.1) is 0 Å². The van der Waals surface area contributed by atoms with Crippen LogP contribution in [0, 0.1) is 0 Å². The van der Waals surface area contributed by atoms with E-state index in [4.69, 9.17) is 15.1 Å². The van der Waals surface area contributed by atoms with Crippen molar-refractivity contribution in [3.8, 4) is 0 Å². The SMILES string of the molecule is O.OB(O)O.[CaH2].[SrH2]. The second-order valence-corrected chi connectivity index (χ2v) is 0.346. The Balaban J connectivity index is -0.0000000150. The number of hydrogen-bond acceptors (Lipinski definition) is 3. The minimum absolute atomic E-state index is 0. The van der Waals surface area contributed by atoms with E-state index in [1.165, 1.54) is 0 Å². The zero-order chi connectivity index (χ0) is 3.58. The first-order valence-corrected chi connectivity index (χ1v) is 0.775. The molecule has 0 aromatic rings. The molecule has 0 spiro atoms. The number of rotatable bonds is 0. The van der Waals surface area contributed by atoms with E-state index in [1.807, 2.05) is 0 Å². The first-order chi connectivity index (χ1) is 1.73. The Labute approximate surface area is 109 Å². The van der Waals surface area contributed by atoms with E-state index in [9.17, 15) is 0 Å². The molecule has 0 rings (SSSR count). The second kappa shape index (κ2) is 15.9. The summed E-state index contributed by atoms with van der Waals surface area (Å²) >= 11 is 0. The summed E-state index contributed by atoms with van der Waals surface area (Å²) in [6.07, 6.45) is 0. The van der Waals surface area contributed by atoms with Gasteiger partial charge in [0.15, 0.2) is 0 Å². The normalized spacial score (nSPS) is 3.86. The van der Waals surface area contributed by atoms with E-state index < -0.39 is 7.32 Å². The molecule has 0 aromatic carbocycles. The van der Waals surface area contributed by atoms with Gasteiger partial charge in [-0.25, -0.2) is 0 Å². The molecule has 0 heterocycles. The molecule has 0 radical (unpaired) electrons. The van der Waals surface area contributed by atoms with Gasteiger partial charge in [0.2, 0.25) is 0 Å². The van der Waals surface area contributed by atoms with Crippen LogP contribution in [0.2, 0.25) is 0 Å². The molecule has 0 saturated heterocycles. The van der Waals surface area contributed by atoms with Gasteiger partial charge in [0, 0.05) is 0 Å². The van der Waals surface area contributed by atoms with Crippen molar-refractivity contribution in [3.05, 3.63) is 0 Å². The van der Waals surface area contributed by atoms with E-state index in [0.717, 1.165) is 0 Å². The molecular formula is H9BCaO4Sr. The molecule has 5 N–H and O–H groups in total. The summed E-state index contributed by atoms with van der Waals surface area (Å²) in [6, 6.07) is 0. The van der Waals surface area contributed by atoms with Crippen LogP contribution in [0.15, 0.2) is 0 Å². The third-order valence-electron chi connectivity index (χ3n) is 0. The zero-order valence-electron chi connectivity index (χ0n) is 2.42. The molecule has 0 unspecified atom stereocenters. The third kappa shape index (κ3) is 54.6. The van der Waals surface area contributed by atoms with Gasteiger partial charge in [-0.1, -0.05) is 0 Å². The number of hydrogen-bond donors (Lipinski definition) is 3. The van der Waals surface area contributed by atoms with Crippen LogP contribution < -0.4 is 0 Å². The summed E-state index contributed by atoms with van der Waals surface area (Å²) in [5, 5.41) is 21.5. The second-order valence-electron chi connectivity index (χ2n) is 0.346. The van der Waals surface area contributed by atoms with Crippen LogP contribution in [0.3, 0.4) is 0 Å². The average molecular weight is 212 g/mol. The maximum atomic E-state index is 7.17. The van der Waals surface area contributed by atoms with E-state index in [-0.39, 0.29) is 88.7 Å². The molecule has 0 atom stereocenters. The van der Waals surface area contributed by atoms with Crippen molar-refractivity contribution in [2.24, 2.45) is 0 Å². The van der Waals surface area contributed by atoms with Crippen molar-refractivity contribution in [1.29, 1.82) is 0 Å². The van der Waals surface area contributed by atoms with E-state index in [0.29, 0.717) is 0 Å². The first-order valence-electron chi connectivity index (χ1n) is 0.775. The molecule has 7 heteroatoms. The maximum absolute atomic E-state index is 7.17. The van der Waals surface area contributed by atoms with Crippen molar-refractivity contribution in [1.82, 2.24) is 0 Å². The van der Waals surface area contributed by atoms with Crippen LogP contribution in [0.5, 0.6) is 0 Å². The molecule has 0 bridgehead atoms. The fourth-order valence-corrected chi connectivity index (χ4v) is 0. The van der Waals surface area contributed by atoms with Crippen molar-refractivity contribution in [2.45, 2.75) is 0 Å². The van der Waals surface area contributed by atoms with E-state index in [2.05, 4.69) is 0 Å². The van der Waals surface area contributed by atoms with Crippen molar-refractivity contribution in [3.63, 3.8) is 0 Å². The Bertz CT molecular complexity index is 16.4. The average Bonchev–Trinajstić information content (AvgIpc) is 0.811. The van der Waals surface area contributed by atoms with Gasteiger partial charge in [-0.2, -0.15) is 0 Å². The van der Waals surface area contributed by atoms with Crippen LogP contribution in [0.4, 0.5) is 0 Å². The summed E-state index contributed by atoms with van der Waals surface area (Å²) in [5.74, 6) is 0. The third-order valence-corrected chi connectivity index (χ3v) is 0. The Kier molecular flexibility index (Phi) is 51.2. The van der Waals surface area contributed by atoms with Crippen LogP contribution in [0.1, 0.15) is 0 Å².